The number of carbonyl (C=O) groups is 3. The largest absolute Gasteiger partial charge is 0.458 e. The van der Waals surface area contributed by atoms with Crippen molar-refractivity contribution >= 4 is 17.5 Å². The highest BCUT2D eigenvalue weighted by atomic mass is 16.5. The van der Waals surface area contributed by atoms with Gasteiger partial charge < -0.3 is 14.9 Å². The molecule has 6 nitrogen and oxygen atoms in total. The molecular weight excluding hydrogens is 420 g/mol. The third kappa shape index (κ3) is 3.75. The van der Waals surface area contributed by atoms with E-state index in [0.29, 0.717) is 12.8 Å². The van der Waals surface area contributed by atoms with E-state index in [9.17, 15) is 24.6 Å². The maximum atomic E-state index is 13.2. The molecule has 2 N–H and O–H groups in total. The van der Waals surface area contributed by atoms with Gasteiger partial charge in [-0.25, -0.2) is 0 Å². The molecule has 0 aliphatic heterocycles. The number of esters is 1. The Bertz CT molecular complexity index is 958. The fraction of sp³-hybridized carbons (Fsp3) is 0.667. The smallest absolute Gasteiger partial charge is 0.306 e. The van der Waals surface area contributed by atoms with E-state index in [-0.39, 0.29) is 31.0 Å². The van der Waals surface area contributed by atoms with E-state index in [1.165, 1.54) is 0 Å². The Labute approximate surface area is 195 Å². The van der Waals surface area contributed by atoms with Crippen LogP contribution in [0.1, 0.15) is 78.6 Å². The number of hydrogen-bond acceptors (Lipinski definition) is 6. The summed E-state index contributed by atoms with van der Waals surface area (Å²) in [7, 11) is 0. The molecule has 1 fully saturated rings. The second kappa shape index (κ2) is 8.62. The Balaban J connectivity index is 1.57. The third-order valence-corrected chi connectivity index (χ3v) is 8.82. The number of carbonyl (C=O) groups excluding carboxylic acids is 3. The maximum absolute atomic E-state index is 13.2. The molecule has 0 heterocycles. The number of rotatable bonds is 7. The van der Waals surface area contributed by atoms with E-state index in [4.69, 9.17) is 4.74 Å². The molecule has 1 saturated carbocycles. The Morgan fingerprint density at radius 2 is 1.97 bits per heavy atom. The zero-order chi connectivity index (χ0) is 24.0. The molecule has 4 aliphatic carbocycles. The van der Waals surface area contributed by atoms with Gasteiger partial charge in [0.1, 0.15) is 5.60 Å². The minimum Gasteiger partial charge on any atom is -0.458 e. The van der Waals surface area contributed by atoms with Crippen LogP contribution in [-0.2, 0) is 19.1 Å². The zero-order valence-electron chi connectivity index (χ0n) is 20.0. The van der Waals surface area contributed by atoms with Gasteiger partial charge in [-0.05, 0) is 69.1 Å². The summed E-state index contributed by atoms with van der Waals surface area (Å²) in [6, 6.07) is 0. The summed E-state index contributed by atoms with van der Waals surface area (Å²) in [5.41, 5.74) is 0.108. The quantitative estimate of drug-likeness (QED) is 0.344. The molecule has 0 spiro atoms. The summed E-state index contributed by atoms with van der Waals surface area (Å²) in [4.78, 5) is 37.1. The van der Waals surface area contributed by atoms with Crippen LogP contribution in [0.3, 0.4) is 0 Å². The predicted octanol–water partition coefficient (Wildman–Crippen LogP) is 3.75. The Morgan fingerprint density at radius 3 is 2.70 bits per heavy atom. The van der Waals surface area contributed by atoms with Crippen molar-refractivity contribution in [2.45, 2.75) is 90.3 Å². The number of aliphatic hydroxyl groups is 2. The van der Waals surface area contributed by atoms with Gasteiger partial charge in [0.05, 0.1) is 6.10 Å². The zero-order valence-corrected chi connectivity index (χ0v) is 20.0. The van der Waals surface area contributed by atoms with Crippen molar-refractivity contribution < 1.29 is 29.3 Å². The third-order valence-electron chi connectivity index (χ3n) is 8.82. The number of fused-ring (bicyclic) bond motifs is 4. The molecule has 0 bridgehead atoms. The number of ether oxygens (including phenoxy) is 1. The van der Waals surface area contributed by atoms with Crippen LogP contribution in [-0.4, -0.2) is 46.1 Å². The van der Waals surface area contributed by atoms with E-state index in [1.807, 2.05) is 19.9 Å². The lowest BCUT2D eigenvalue weighted by Gasteiger charge is -2.53. The van der Waals surface area contributed by atoms with Crippen LogP contribution in [0.4, 0.5) is 0 Å². The number of ketones is 2. The van der Waals surface area contributed by atoms with Gasteiger partial charge >= 0.3 is 5.97 Å². The van der Waals surface area contributed by atoms with Crippen LogP contribution in [0.5, 0.6) is 0 Å². The molecule has 4 rings (SSSR count). The SMILES string of the molecule is CCCCCC(=O)OCC(=O)[C@@]1(O)CC[C@H]2C3=C(C(O)C[C@@]21C)[C@@]1(C)C=CC(=O)C=C1CC3. The van der Waals surface area contributed by atoms with Gasteiger partial charge in [-0.3, -0.25) is 14.4 Å². The minimum absolute atomic E-state index is 0.0215. The number of unbranched alkanes of at least 4 members (excludes halogenated alkanes) is 2. The van der Waals surface area contributed by atoms with Crippen molar-refractivity contribution in [3.8, 4) is 0 Å². The fourth-order valence-electron chi connectivity index (χ4n) is 6.91. The Morgan fingerprint density at radius 1 is 1.21 bits per heavy atom. The summed E-state index contributed by atoms with van der Waals surface area (Å²) in [6.07, 6.45) is 9.91. The number of Topliss-reactive ketones (excluding diaryl/α,β-unsaturated/α-hetero) is 1. The first-order valence-electron chi connectivity index (χ1n) is 12.3. The molecule has 180 valence electrons. The van der Waals surface area contributed by atoms with Crippen molar-refractivity contribution in [3.63, 3.8) is 0 Å². The molecule has 0 saturated heterocycles. The van der Waals surface area contributed by atoms with Crippen molar-refractivity contribution in [1.82, 2.24) is 0 Å². The van der Waals surface area contributed by atoms with Crippen LogP contribution >= 0.6 is 0 Å². The standard InChI is InChI=1S/C27H36O6/c1-4-5-6-7-23(31)33-16-22(30)27(32)13-11-20-19-9-8-17-14-18(28)10-12-25(17,2)24(19)21(29)15-26(20,27)3/h10,12,14,20-21,29,32H,4-9,11,13,15-16H2,1-3H3/t20-,21?,25-,26-,27-/m0/s1. The Hall–Kier alpha value is -2.05. The van der Waals surface area contributed by atoms with E-state index < -0.39 is 40.9 Å². The van der Waals surface area contributed by atoms with Gasteiger partial charge in [-0.1, -0.05) is 43.9 Å². The average Bonchev–Trinajstić information content (AvgIpc) is 3.03. The second-order valence-electron chi connectivity index (χ2n) is 10.7. The van der Waals surface area contributed by atoms with Crippen LogP contribution in [0.15, 0.2) is 34.9 Å². The van der Waals surface area contributed by atoms with Gasteiger partial charge in [-0.15, -0.1) is 0 Å². The number of aliphatic hydroxyl groups excluding tert-OH is 1. The molecule has 0 aromatic carbocycles. The molecule has 0 aromatic rings. The summed E-state index contributed by atoms with van der Waals surface area (Å²) >= 11 is 0. The molecule has 6 heteroatoms. The van der Waals surface area contributed by atoms with Gasteiger partial charge in [0.2, 0.25) is 5.78 Å². The van der Waals surface area contributed by atoms with Crippen molar-refractivity contribution in [3.05, 3.63) is 34.9 Å². The summed E-state index contributed by atoms with van der Waals surface area (Å²) in [5.74, 6) is -0.938. The van der Waals surface area contributed by atoms with Gasteiger partial charge in [-0.2, -0.15) is 0 Å². The lowest BCUT2D eigenvalue weighted by atomic mass is 9.53. The van der Waals surface area contributed by atoms with E-state index in [0.717, 1.165) is 42.4 Å². The molecule has 4 aliphatic rings. The van der Waals surface area contributed by atoms with E-state index >= 15 is 0 Å². The molecule has 1 unspecified atom stereocenters. The highest BCUT2D eigenvalue weighted by Gasteiger charge is 2.65. The van der Waals surface area contributed by atoms with Crippen LogP contribution in [0.25, 0.3) is 0 Å². The van der Waals surface area contributed by atoms with Gasteiger partial charge in [0.15, 0.2) is 12.4 Å². The monoisotopic (exact) mass is 456 g/mol. The molecule has 0 radical (unpaired) electrons. The highest BCUT2D eigenvalue weighted by molar-refractivity contribution is 6.01. The van der Waals surface area contributed by atoms with Crippen molar-refractivity contribution in [2.24, 2.45) is 16.7 Å². The van der Waals surface area contributed by atoms with Gasteiger partial charge in [0, 0.05) is 17.3 Å². The first-order chi connectivity index (χ1) is 15.6. The molecular formula is C27H36O6. The molecule has 0 aromatic heterocycles. The summed E-state index contributed by atoms with van der Waals surface area (Å²) in [6.45, 7) is 5.56. The molecule has 0 amide bonds. The van der Waals surface area contributed by atoms with Gasteiger partial charge in [0.25, 0.3) is 0 Å². The lowest BCUT2D eigenvalue weighted by Crippen LogP contribution is -2.57. The topological polar surface area (TPSA) is 101 Å². The van der Waals surface area contributed by atoms with Crippen molar-refractivity contribution in [2.75, 3.05) is 6.61 Å². The Kier molecular flexibility index (Phi) is 6.29. The maximum Gasteiger partial charge on any atom is 0.306 e. The first kappa shape index (κ1) is 24.1. The minimum atomic E-state index is -1.64. The van der Waals surface area contributed by atoms with E-state index in [1.54, 1.807) is 12.2 Å². The number of hydrogen-bond donors (Lipinski definition) is 2. The normalized spacial score (nSPS) is 37.2. The lowest BCUT2D eigenvalue weighted by molar-refractivity contribution is -0.164. The first-order valence-corrected chi connectivity index (χ1v) is 12.3. The van der Waals surface area contributed by atoms with Crippen LogP contribution in [0, 0.1) is 16.7 Å². The van der Waals surface area contributed by atoms with Crippen LogP contribution < -0.4 is 0 Å². The summed E-state index contributed by atoms with van der Waals surface area (Å²) in [5, 5.41) is 23.0. The fourth-order valence-corrected chi connectivity index (χ4v) is 6.91. The number of allylic oxidation sites excluding steroid dienone is 5. The van der Waals surface area contributed by atoms with Crippen LogP contribution in [0.2, 0.25) is 0 Å². The molecule has 33 heavy (non-hydrogen) atoms. The van der Waals surface area contributed by atoms with Crippen molar-refractivity contribution in [1.29, 1.82) is 0 Å². The average molecular weight is 457 g/mol. The highest BCUT2D eigenvalue weighted by Crippen LogP contribution is 2.64. The predicted molar refractivity (Wildman–Crippen MR) is 123 cm³/mol. The van der Waals surface area contributed by atoms with E-state index in [2.05, 4.69) is 6.92 Å². The summed E-state index contributed by atoms with van der Waals surface area (Å²) < 4.78 is 5.21. The second-order valence-corrected chi connectivity index (χ2v) is 10.7. The molecule has 5 atom stereocenters.